The standard InChI is InChI=1S/C48H33NS/c1-4-12-34(13-5-1)36-24-28-42(29-25-36)49(41-16-8-3-9-17-41)43-30-26-37(27-31-43)35-20-22-38(23-21-35)40-32-45(39-14-6-2-7-15-39)48-46(33-40)44-18-10-11-19-47(44)50-48/h1-33H. The maximum absolute atomic E-state index is 2.37. The average Bonchev–Trinajstić information content (AvgIpc) is 3.58. The lowest BCUT2D eigenvalue weighted by atomic mass is 9.95. The smallest absolute Gasteiger partial charge is 0.0462 e. The summed E-state index contributed by atoms with van der Waals surface area (Å²) >= 11 is 1.88. The molecule has 1 aromatic heterocycles. The SMILES string of the molecule is c1ccc(-c2ccc(N(c3ccccc3)c3ccc(-c4ccc(-c5cc(-c6ccccc6)c6sc7ccccc7c6c5)cc4)cc3)cc2)cc1. The largest absolute Gasteiger partial charge is 0.311 e. The van der Waals surface area contributed by atoms with Crippen LogP contribution in [0.15, 0.2) is 200 Å². The lowest BCUT2D eigenvalue weighted by molar-refractivity contribution is 1.28. The molecule has 0 saturated carbocycles. The summed E-state index contributed by atoms with van der Waals surface area (Å²) in [7, 11) is 0. The summed E-state index contributed by atoms with van der Waals surface area (Å²) in [5, 5.41) is 2.64. The van der Waals surface area contributed by atoms with E-state index in [4.69, 9.17) is 0 Å². The number of hydrogen-bond acceptors (Lipinski definition) is 2. The van der Waals surface area contributed by atoms with Crippen LogP contribution in [-0.4, -0.2) is 0 Å². The van der Waals surface area contributed by atoms with Crippen molar-refractivity contribution in [1.29, 1.82) is 0 Å². The third-order valence-corrected chi connectivity index (χ3v) is 10.7. The molecule has 0 atom stereocenters. The Morgan fingerprint density at radius 2 is 0.720 bits per heavy atom. The molecule has 9 aromatic rings. The van der Waals surface area contributed by atoms with Gasteiger partial charge >= 0.3 is 0 Å². The summed E-state index contributed by atoms with van der Waals surface area (Å²) in [6.45, 7) is 0. The first-order valence-electron chi connectivity index (χ1n) is 17.0. The summed E-state index contributed by atoms with van der Waals surface area (Å²) in [5.74, 6) is 0. The summed E-state index contributed by atoms with van der Waals surface area (Å²) in [4.78, 5) is 2.32. The zero-order valence-electron chi connectivity index (χ0n) is 27.4. The van der Waals surface area contributed by atoms with Crippen LogP contribution >= 0.6 is 11.3 Å². The van der Waals surface area contributed by atoms with Crippen LogP contribution in [0.1, 0.15) is 0 Å². The van der Waals surface area contributed by atoms with Crippen LogP contribution in [0.25, 0.3) is 64.7 Å². The van der Waals surface area contributed by atoms with E-state index in [1.54, 1.807) is 0 Å². The minimum absolute atomic E-state index is 1.12. The van der Waals surface area contributed by atoms with Crippen molar-refractivity contribution in [2.45, 2.75) is 0 Å². The number of benzene rings is 8. The normalized spacial score (nSPS) is 11.2. The van der Waals surface area contributed by atoms with Crippen molar-refractivity contribution in [3.05, 3.63) is 200 Å². The Labute approximate surface area is 297 Å². The van der Waals surface area contributed by atoms with Gasteiger partial charge in [-0.3, -0.25) is 0 Å². The molecule has 0 aliphatic heterocycles. The van der Waals surface area contributed by atoms with Crippen molar-refractivity contribution in [2.24, 2.45) is 0 Å². The van der Waals surface area contributed by atoms with E-state index >= 15 is 0 Å². The fourth-order valence-electron chi connectivity index (χ4n) is 6.94. The molecule has 9 rings (SSSR count). The predicted molar refractivity (Wildman–Crippen MR) is 216 cm³/mol. The van der Waals surface area contributed by atoms with Gasteiger partial charge in [0, 0.05) is 42.8 Å². The van der Waals surface area contributed by atoms with Gasteiger partial charge in [-0.25, -0.2) is 0 Å². The molecular weight excluding hydrogens is 623 g/mol. The Balaban J connectivity index is 1.04. The summed E-state index contributed by atoms with van der Waals surface area (Å²) in [6.07, 6.45) is 0. The van der Waals surface area contributed by atoms with Crippen LogP contribution in [0.3, 0.4) is 0 Å². The lowest BCUT2D eigenvalue weighted by Crippen LogP contribution is -2.09. The van der Waals surface area contributed by atoms with E-state index in [2.05, 4.69) is 205 Å². The van der Waals surface area contributed by atoms with Crippen molar-refractivity contribution < 1.29 is 0 Å². The second kappa shape index (κ2) is 13.0. The van der Waals surface area contributed by atoms with E-state index in [-0.39, 0.29) is 0 Å². The molecule has 0 amide bonds. The molecule has 8 aromatic carbocycles. The quantitative estimate of drug-likeness (QED) is 0.165. The molecule has 0 N–H and O–H groups in total. The van der Waals surface area contributed by atoms with Crippen LogP contribution in [0.5, 0.6) is 0 Å². The Bertz CT molecular complexity index is 2530. The van der Waals surface area contributed by atoms with E-state index in [0.29, 0.717) is 0 Å². The molecule has 0 fully saturated rings. The van der Waals surface area contributed by atoms with Crippen molar-refractivity contribution in [1.82, 2.24) is 0 Å². The highest BCUT2D eigenvalue weighted by molar-refractivity contribution is 7.26. The summed E-state index contributed by atoms with van der Waals surface area (Å²) < 4.78 is 2.67. The Kier molecular flexibility index (Phi) is 7.77. The molecule has 0 aliphatic carbocycles. The molecule has 1 nitrogen and oxygen atoms in total. The van der Waals surface area contributed by atoms with Gasteiger partial charge in [0.1, 0.15) is 0 Å². The third kappa shape index (κ3) is 5.66. The predicted octanol–water partition coefficient (Wildman–Crippen LogP) is 14.2. The molecule has 0 aliphatic rings. The first kappa shape index (κ1) is 29.9. The molecule has 50 heavy (non-hydrogen) atoms. The molecule has 2 heteroatoms. The zero-order valence-corrected chi connectivity index (χ0v) is 28.2. The van der Waals surface area contributed by atoms with E-state index in [1.165, 1.54) is 64.7 Å². The van der Waals surface area contributed by atoms with E-state index in [1.807, 2.05) is 11.3 Å². The maximum Gasteiger partial charge on any atom is 0.0462 e. The average molecular weight is 656 g/mol. The minimum Gasteiger partial charge on any atom is -0.311 e. The number of rotatable bonds is 7. The fourth-order valence-corrected chi connectivity index (χ4v) is 8.16. The highest BCUT2D eigenvalue weighted by Gasteiger charge is 2.15. The van der Waals surface area contributed by atoms with E-state index in [0.717, 1.165) is 17.1 Å². The van der Waals surface area contributed by atoms with Gasteiger partial charge in [-0.05, 0) is 93.5 Å². The van der Waals surface area contributed by atoms with Gasteiger partial charge in [0.05, 0.1) is 0 Å². The maximum atomic E-state index is 2.37. The Morgan fingerprint density at radius 3 is 1.30 bits per heavy atom. The molecule has 0 saturated heterocycles. The molecule has 0 spiro atoms. The van der Waals surface area contributed by atoms with Crippen LogP contribution in [0.4, 0.5) is 17.1 Å². The molecule has 236 valence electrons. The first-order valence-corrected chi connectivity index (χ1v) is 17.8. The monoisotopic (exact) mass is 655 g/mol. The Morgan fingerprint density at radius 1 is 0.300 bits per heavy atom. The topological polar surface area (TPSA) is 3.24 Å². The number of para-hydroxylation sites is 1. The molecule has 1 heterocycles. The van der Waals surface area contributed by atoms with Crippen molar-refractivity contribution in [3.63, 3.8) is 0 Å². The van der Waals surface area contributed by atoms with E-state index in [9.17, 15) is 0 Å². The lowest BCUT2D eigenvalue weighted by Gasteiger charge is -2.26. The highest BCUT2D eigenvalue weighted by atomic mass is 32.1. The first-order chi connectivity index (χ1) is 24.8. The van der Waals surface area contributed by atoms with Crippen LogP contribution < -0.4 is 4.90 Å². The Hall–Kier alpha value is -6.22. The van der Waals surface area contributed by atoms with Gasteiger partial charge in [-0.2, -0.15) is 0 Å². The highest BCUT2D eigenvalue weighted by Crippen LogP contribution is 2.43. The van der Waals surface area contributed by atoms with Crippen LogP contribution in [0, 0.1) is 0 Å². The summed E-state index contributed by atoms with van der Waals surface area (Å²) in [6, 6.07) is 72.2. The fraction of sp³-hybridized carbons (Fsp3) is 0. The van der Waals surface area contributed by atoms with Crippen LogP contribution in [-0.2, 0) is 0 Å². The van der Waals surface area contributed by atoms with Crippen molar-refractivity contribution >= 4 is 48.6 Å². The third-order valence-electron chi connectivity index (χ3n) is 9.49. The van der Waals surface area contributed by atoms with E-state index < -0.39 is 0 Å². The van der Waals surface area contributed by atoms with Gasteiger partial charge in [-0.1, -0.05) is 146 Å². The van der Waals surface area contributed by atoms with Crippen molar-refractivity contribution in [3.8, 4) is 44.5 Å². The second-order valence-corrected chi connectivity index (χ2v) is 13.6. The van der Waals surface area contributed by atoms with Gasteiger partial charge < -0.3 is 4.90 Å². The molecular formula is C48H33NS. The molecule has 0 unspecified atom stereocenters. The molecule has 0 radical (unpaired) electrons. The minimum atomic E-state index is 1.12. The van der Waals surface area contributed by atoms with Gasteiger partial charge in [0.25, 0.3) is 0 Å². The van der Waals surface area contributed by atoms with Gasteiger partial charge in [0.15, 0.2) is 0 Å². The number of hydrogen-bond donors (Lipinski definition) is 0. The number of nitrogens with zero attached hydrogens (tertiary/aromatic N) is 1. The number of thiophene rings is 1. The number of anilines is 3. The van der Waals surface area contributed by atoms with Gasteiger partial charge in [0.2, 0.25) is 0 Å². The van der Waals surface area contributed by atoms with Gasteiger partial charge in [-0.15, -0.1) is 11.3 Å². The van der Waals surface area contributed by atoms with Crippen LogP contribution in [0.2, 0.25) is 0 Å². The molecule has 0 bridgehead atoms. The number of fused-ring (bicyclic) bond motifs is 3. The summed E-state index contributed by atoms with van der Waals surface area (Å²) in [5.41, 5.74) is 13.2. The zero-order chi connectivity index (χ0) is 33.3. The van der Waals surface area contributed by atoms with Crippen molar-refractivity contribution in [2.75, 3.05) is 4.90 Å². The second-order valence-electron chi connectivity index (χ2n) is 12.6.